The number of carbonyl (C=O) groups is 3. The van der Waals surface area contributed by atoms with Crippen molar-refractivity contribution in [1.29, 1.82) is 0 Å². The van der Waals surface area contributed by atoms with Crippen LogP contribution in [0.25, 0.3) is 0 Å². The van der Waals surface area contributed by atoms with Crippen LogP contribution in [0.4, 0.5) is 0 Å². The summed E-state index contributed by atoms with van der Waals surface area (Å²) in [6, 6.07) is 6.36. The summed E-state index contributed by atoms with van der Waals surface area (Å²) in [4.78, 5) is 39.2. The number of carboxylic acid groups (broad SMARTS) is 1. The molecule has 7 nitrogen and oxygen atoms in total. The van der Waals surface area contributed by atoms with Gasteiger partial charge < -0.3 is 19.5 Å². The molecule has 146 valence electrons. The van der Waals surface area contributed by atoms with Crippen LogP contribution in [0.1, 0.15) is 44.7 Å². The number of nitrogens with zero attached hydrogens (tertiary/aromatic N) is 1. The van der Waals surface area contributed by atoms with E-state index in [0.717, 1.165) is 12.8 Å². The van der Waals surface area contributed by atoms with Crippen molar-refractivity contribution in [2.24, 2.45) is 11.8 Å². The van der Waals surface area contributed by atoms with Crippen LogP contribution in [0, 0.1) is 11.8 Å². The van der Waals surface area contributed by atoms with Gasteiger partial charge in [-0.15, -0.1) is 0 Å². The van der Waals surface area contributed by atoms with E-state index in [1.54, 1.807) is 38.3 Å². The number of likely N-dealkylation sites (tertiary alicyclic amines) is 1. The first kappa shape index (κ1) is 19.2. The summed E-state index contributed by atoms with van der Waals surface area (Å²) in [6.07, 6.45) is 1.53. The Kier molecular flexibility index (Phi) is 5.13. The molecular formula is C20H25NO6. The quantitative estimate of drug-likeness (QED) is 0.768. The van der Waals surface area contributed by atoms with Crippen molar-refractivity contribution in [2.75, 3.05) is 13.7 Å². The molecule has 27 heavy (non-hydrogen) atoms. The van der Waals surface area contributed by atoms with Crippen molar-refractivity contribution >= 4 is 17.8 Å². The normalized spacial score (nSPS) is 27.3. The van der Waals surface area contributed by atoms with Crippen LogP contribution in [-0.4, -0.2) is 47.1 Å². The molecule has 3 unspecified atom stereocenters. The van der Waals surface area contributed by atoms with Crippen LogP contribution in [-0.2, 0) is 19.1 Å². The van der Waals surface area contributed by atoms with Gasteiger partial charge in [0.2, 0.25) is 5.91 Å². The first-order chi connectivity index (χ1) is 12.8. The topological polar surface area (TPSA) is 93.1 Å². The molecule has 1 amide bonds. The molecule has 3 atom stereocenters. The van der Waals surface area contributed by atoms with E-state index in [1.807, 2.05) is 0 Å². The van der Waals surface area contributed by atoms with Gasteiger partial charge >= 0.3 is 11.9 Å². The van der Waals surface area contributed by atoms with Crippen LogP contribution in [0.5, 0.6) is 5.75 Å². The lowest BCUT2D eigenvalue weighted by Gasteiger charge is -2.36. The predicted octanol–water partition coefficient (Wildman–Crippen LogP) is 2.40. The smallest absolute Gasteiger partial charge is 0.329 e. The molecule has 1 aromatic rings. The summed E-state index contributed by atoms with van der Waals surface area (Å²) in [7, 11) is 1.55. The van der Waals surface area contributed by atoms with Gasteiger partial charge in [-0.25, -0.2) is 4.79 Å². The summed E-state index contributed by atoms with van der Waals surface area (Å²) in [5, 5.41) is 9.90. The minimum atomic E-state index is -1.46. The van der Waals surface area contributed by atoms with Crippen molar-refractivity contribution < 1.29 is 29.0 Å². The third kappa shape index (κ3) is 3.38. The van der Waals surface area contributed by atoms with Crippen LogP contribution in [0.2, 0.25) is 0 Å². The molecule has 1 heterocycles. The number of benzene rings is 1. The Labute approximate surface area is 158 Å². The number of rotatable bonds is 6. The van der Waals surface area contributed by atoms with Gasteiger partial charge in [0.25, 0.3) is 0 Å². The fourth-order valence-electron chi connectivity index (χ4n) is 3.87. The second kappa shape index (κ2) is 7.21. The van der Waals surface area contributed by atoms with Gasteiger partial charge in [0, 0.05) is 5.92 Å². The summed E-state index contributed by atoms with van der Waals surface area (Å²) in [5.41, 5.74) is -0.755. The SMILES string of the molecule is CCOC(=O)C1CC(C)(C(=O)O)N(C(=O)C2CC2)C1c1ccc(OC)cc1. The highest BCUT2D eigenvalue weighted by Crippen LogP contribution is 2.50. The average molecular weight is 375 g/mol. The number of methoxy groups -OCH3 is 1. The van der Waals surface area contributed by atoms with Gasteiger partial charge in [-0.3, -0.25) is 9.59 Å². The maximum absolute atomic E-state index is 13.0. The van der Waals surface area contributed by atoms with Crippen LogP contribution in [0.15, 0.2) is 24.3 Å². The maximum atomic E-state index is 13.0. The van der Waals surface area contributed by atoms with E-state index in [0.29, 0.717) is 11.3 Å². The van der Waals surface area contributed by atoms with Crippen LogP contribution < -0.4 is 4.74 Å². The zero-order chi connectivity index (χ0) is 19.8. The minimum absolute atomic E-state index is 0.0241. The third-order valence-corrected chi connectivity index (χ3v) is 5.48. The first-order valence-electron chi connectivity index (χ1n) is 9.20. The Balaban J connectivity index is 2.08. The van der Waals surface area contributed by atoms with Crippen molar-refractivity contribution in [2.45, 2.75) is 44.7 Å². The number of ether oxygens (including phenoxy) is 2. The number of esters is 1. The minimum Gasteiger partial charge on any atom is -0.497 e. The van der Waals surface area contributed by atoms with Gasteiger partial charge in [0.1, 0.15) is 11.3 Å². The number of carbonyl (C=O) groups excluding carboxylic acids is 2. The Bertz CT molecular complexity index is 741. The lowest BCUT2D eigenvalue weighted by atomic mass is 9.90. The summed E-state index contributed by atoms with van der Waals surface area (Å²) >= 11 is 0. The van der Waals surface area contributed by atoms with Crippen LogP contribution in [0.3, 0.4) is 0 Å². The zero-order valence-electron chi connectivity index (χ0n) is 15.8. The number of hydrogen-bond acceptors (Lipinski definition) is 5. The van der Waals surface area contributed by atoms with Crippen molar-refractivity contribution in [1.82, 2.24) is 4.90 Å². The van der Waals surface area contributed by atoms with E-state index < -0.39 is 29.4 Å². The fourth-order valence-corrected chi connectivity index (χ4v) is 3.87. The lowest BCUT2D eigenvalue weighted by Crippen LogP contribution is -2.52. The molecule has 1 aromatic carbocycles. The molecule has 0 spiro atoms. The van der Waals surface area contributed by atoms with E-state index in [9.17, 15) is 19.5 Å². The average Bonchev–Trinajstić information content (AvgIpc) is 3.44. The third-order valence-electron chi connectivity index (χ3n) is 5.48. The molecule has 0 bridgehead atoms. The van der Waals surface area contributed by atoms with Gasteiger partial charge in [-0.1, -0.05) is 12.1 Å². The summed E-state index contributed by atoms with van der Waals surface area (Å²) < 4.78 is 10.4. The zero-order valence-corrected chi connectivity index (χ0v) is 15.8. The number of aliphatic carboxylic acids is 1. The van der Waals surface area contributed by atoms with E-state index in [4.69, 9.17) is 9.47 Å². The highest BCUT2D eigenvalue weighted by atomic mass is 16.5. The summed E-state index contributed by atoms with van der Waals surface area (Å²) in [6.45, 7) is 3.43. The molecular weight excluding hydrogens is 350 g/mol. The Morgan fingerprint density at radius 1 is 1.22 bits per heavy atom. The molecule has 3 rings (SSSR count). The molecule has 7 heteroatoms. The number of amides is 1. The molecule has 2 fully saturated rings. The second-order valence-electron chi connectivity index (χ2n) is 7.34. The molecule has 0 radical (unpaired) electrons. The Hall–Kier alpha value is -2.57. The first-order valence-corrected chi connectivity index (χ1v) is 9.20. The van der Waals surface area contributed by atoms with Gasteiger partial charge in [-0.05, 0) is 50.8 Å². The van der Waals surface area contributed by atoms with Gasteiger partial charge in [0.15, 0.2) is 0 Å². The molecule has 2 aliphatic rings. The highest BCUT2D eigenvalue weighted by molar-refractivity contribution is 5.92. The Morgan fingerprint density at radius 3 is 2.33 bits per heavy atom. The number of carboxylic acids is 1. The van der Waals surface area contributed by atoms with Gasteiger partial charge in [-0.2, -0.15) is 0 Å². The summed E-state index contributed by atoms with van der Waals surface area (Å²) in [5.74, 6) is -2.04. The lowest BCUT2D eigenvalue weighted by molar-refractivity contribution is -0.158. The standard InChI is InChI=1S/C20H25NO6/c1-4-27-18(23)15-11-20(2,19(24)25)21(17(22)13-5-6-13)16(15)12-7-9-14(26-3)10-8-12/h7-10,13,15-16H,4-6,11H2,1-3H3,(H,24,25). The van der Waals surface area contributed by atoms with E-state index >= 15 is 0 Å². The second-order valence-corrected chi connectivity index (χ2v) is 7.34. The molecule has 0 aromatic heterocycles. The van der Waals surface area contributed by atoms with E-state index in [2.05, 4.69) is 0 Å². The largest absolute Gasteiger partial charge is 0.497 e. The fraction of sp³-hybridized carbons (Fsp3) is 0.550. The maximum Gasteiger partial charge on any atom is 0.329 e. The Morgan fingerprint density at radius 2 is 1.85 bits per heavy atom. The monoisotopic (exact) mass is 375 g/mol. The van der Waals surface area contributed by atoms with E-state index in [-0.39, 0.29) is 24.9 Å². The van der Waals surface area contributed by atoms with Crippen LogP contribution >= 0.6 is 0 Å². The molecule has 1 aliphatic carbocycles. The molecule has 1 N–H and O–H groups in total. The molecule has 1 saturated carbocycles. The van der Waals surface area contributed by atoms with Gasteiger partial charge in [0.05, 0.1) is 25.7 Å². The predicted molar refractivity (Wildman–Crippen MR) is 96.1 cm³/mol. The highest BCUT2D eigenvalue weighted by Gasteiger charge is 2.60. The molecule has 1 saturated heterocycles. The van der Waals surface area contributed by atoms with E-state index in [1.165, 1.54) is 11.8 Å². The van der Waals surface area contributed by atoms with Crippen molar-refractivity contribution in [3.05, 3.63) is 29.8 Å². The van der Waals surface area contributed by atoms with Crippen molar-refractivity contribution in [3.8, 4) is 5.75 Å². The number of hydrogen-bond donors (Lipinski definition) is 1. The van der Waals surface area contributed by atoms with Crippen molar-refractivity contribution in [3.63, 3.8) is 0 Å². The molecule has 1 aliphatic heterocycles.